The number of hydrogen-bond donors (Lipinski definition) is 0. The first-order chi connectivity index (χ1) is 5.79. The molecule has 0 aromatic carbocycles. The lowest BCUT2D eigenvalue weighted by atomic mass is 10.4. The van der Waals surface area contributed by atoms with Crippen molar-refractivity contribution in [3.63, 3.8) is 0 Å². The Bertz CT molecular complexity index is 314. The monoisotopic (exact) mass is 185 g/mol. The maximum absolute atomic E-state index is 9.85. The zero-order valence-corrected chi connectivity index (χ0v) is 7.38. The number of aromatic nitrogens is 2. The molecule has 0 unspecified atom stereocenters. The fraction of sp³-hybridized carbons (Fsp3) is 0.429. The summed E-state index contributed by atoms with van der Waals surface area (Å²) in [6.07, 6.45) is 3.08. The van der Waals surface area contributed by atoms with E-state index < -0.39 is 0 Å². The SMILES string of the molecule is CCn1cnc(Cl)c1CN=C=O. The topological polar surface area (TPSA) is 47.2 Å². The predicted octanol–water partition coefficient (Wildman–Crippen LogP) is 1.39. The molecule has 64 valence electrons. The van der Waals surface area contributed by atoms with Crippen molar-refractivity contribution in [3.8, 4) is 0 Å². The molecule has 0 fully saturated rings. The number of nitrogens with zero attached hydrogens (tertiary/aromatic N) is 3. The molecular formula is C7H8ClN3O. The van der Waals surface area contributed by atoms with E-state index in [4.69, 9.17) is 11.6 Å². The molecule has 0 aliphatic heterocycles. The third-order valence-corrected chi connectivity index (χ3v) is 1.85. The highest BCUT2D eigenvalue weighted by Crippen LogP contribution is 2.14. The van der Waals surface area contributed by atoms with Crippen LogP contribution in [0.15, 0.2) is 11.3 Å². The number of halogens is 1. The summed E-state index contributed by atoms with van der Waals surface area (Å²) in [6, 6.07) is 0. The van der Waals surface area contributed by atoms with Crippen LogP contribution < -0.4 is 0 Å². The molecule has 1 rings (SSSR count). The maximum atomic E-state index is 9.85. The summed E-state index contributed by atoms with van der Waals surface area (Å²) in [6.45, 7) is 2.98. The van der Waals surface area contributed by atoms with E-state index in [0.29, 0.717) is 5.15 Å². The fourth-order valence-electron chi connectivity index (χ4n) is 0.919. The molecule has 0 amide bonds. The molecule has 0 atom stereocenters. The molecule has 0 saturated carbocycles. The Morgan fingerprint density at radius 1 is 1.83 bits per heavy atom. The van der Waals surface area contributed by atoms with Gasteiger partial charge in [-0.05, 0) is 6.92 Å². The van der Waals surface area contributed by atoms with Crippen molar-refractivity contribution in [2.45, 2.75) is 20.0 Å². The van der Waals surface area contributed by atoms with Gasteiger partial charge in [0.05, 0.1) is 18.6 Å². The zero-order chi connectivity index (χ0) is 8.97. The third kappa shape index (κ3) is 1.72. The van der Waals surface area contributed by atoms with Crippen molar-refractivity contribution < 1.29 is 4.79 Å². The molecule has 1 aromatic heterocycles. The lowest BCUT2D eigenvalue weighted by Crippen LogP contribution is -1.98. The van der Waals surface area contributed by atoms with Crippen LogP contribution in [-0.4, -0.2) is 15.6 Å². The van der Waals surface area contributed by atoms with E-state index in [9.17, 15) is 4.79 Å². The minimum absolute atomic E-state index is 0.246. The zero-order valence-electron chi connectivity index (χ0n) is 6.62. The average Bonchev–Trinajstić information content (AvgIpc) is 2.43. The van der Waals surface area contributed by atoms with Gasteiger partial charge in [0, 0.05) is 6.54 Å². The molecule has 0 spiro atoms. The molecule has 4 nitrogen and oxygen atoms in total. The van der Waals surface area contributed by atoms with Gasteiger partial charge in [0.25, 0.3) is 0 Å². The van der Waals surface area contributed by atoms with Crippen molar-refractivity contribution in [2.24, 2.45) is 4.99 Å². The molecule has 1 aromatic rings. The molecule has 0 aliphatic rings. The average molecular weight is 186 g/mol. The van der Waals surface area contributed by atoms with Crippen molar-refractivity contribution in [3.05, 3.63) is 17.2 Å². The van der Waals surface area contributed by atoms with Gasteiger partial charge in [-0.2, -0.15) is 4.99 Å². The van der Waals surface area contributed by atoms with Gasteiger partial charge in [-0.25, -0.2) is 9.78 Å². The van der Waals surface area contributed by atoms with E-state index >= 15 is 0 Å². The maximum Gasteiger partial charge on any atom is 0.235 e. The van der Waals surface area contributed by atoms with Crippen molar-refractivity contribution >= 4 is 17.7 Å². The van der Waals surface area contributed by atoms with Crippen molar-refractivity contribution in [1.29, 1.82) is 0 Å². The van der Waals surface area contributed by atoms with Gasteiger partial charge in [0.15, 0.2) is 5.15 Å². The highest BCUT2D eigenvalue weighted by Gasteiger charge is 2.05. The molecule has 5 heteroatoms. The molecular weight excluding hydrogens is 178 g/mol. The van der Waals surface area contributed by atoms with E-state index in [2.05, 4.69) is 9.98 Å². The van der Waals surface area contributed by atoms with Crippen LogP contribution in [0.25, 0.3) is 0 Å². The van der Waals surface area contributed by atoms with Gasteiger partial charge in [0.2, 0.25) is 6.08 Å². The Balaban J connectivity index is 2.93. The van der Waals surface area contributed by atoms with Crippen molar-refractivity contribution in [2.75, 3.05) is 0 Å². The highest BCUT2D eigenvalue weighted by molar-refractivity contribution is 6.30. The van der Waals surface area contributed by atoms with Crippen LogP contribution in [0.2, 0.25) is 5.15 Å². The van der Waals surface area contributed by atoms with Gasteiger partial charge in [-0.1, -0.05) is 11.6 Å². The van der Waals surface area contributed by atoms with Crippen LogP contribution in [0, 0.1) is 0 Å². The second-order valence-corrected chi connectivity index (χ2v) is 2.53. The van der Waals surface area contributed by atoms with Crippen LogP contribution in [0.4, 0.5) is 0 Å². The minimum Gasteiger partial charge on any atom is -0.332 e. The standard InChI is InChI=1S/C7H8ClN3O/c1-2-11-4-10-7(8)6(11)3-9-5-12/h4H,2-3H2,1H3. The number of imidazole rings is 1. The van der Waals surface area contributed by atoms with Crippen LogP contribution in [-0.2, 0) is 17.9 Å². The summed E-state index contributed by atoms with van der Waals surface area (Å²) < 4.78 is 1.84. The lowest BCUT2D eigenvalue weighted by molar-refractivity contribution is 0.562. The Morgan fingerprint density at radius 2 is 2.58 bits per heavy atom. The molecule has 0 radical (unpaired) electrons. The first-order valence-electron chi connectivity index (χ1n) is 3.52. The summed E-state index contributed by atoms with van der Waals surface area (Å²) in [4.78, 5) is 17.2. The van der Waals surface area contributed by atoms with E-state index in [1.165, 1.54) is 6.08 Å². The molecule has 0 N–H and O–H groups in total. The van der Waals surface area contributed by atoms with E-state index in [1.807, 2.05) is 11.5 Å². The predicted molar refractivity (Wildman–Crippen MR) is 44.7 cm³/mol. The second kappa shape index (κ2) is 4.04. The van der Waals surface area contributed by atoms with Crippen LogP contribution in [0.3, 0.4) is 0 Å². The van der Waals surface area contributed by atoms with E-state index in [-0.39, 0.29) is 6.54 Å². The third-order valence-electron chi connectivity index (χ3n) is 1.53. The van der Waals surface area contributed by atoms with Crippen molar-refractivity contribution in [1.82, 2.24) is 9.55 Å². The molecule has 12 heavy (non-hydrogen) atoms. The Hall–Kier alpha value is -1.12. The van der Waals surface area contributed by atoms with Gasteiger partial charge in [-0.3, -0.25) is 0 Å². The van der Waals surface area contributed by atoms with Gasteiger partial charge >= 0.3 is 0 Å². The first-order valence-corrected chi connectivity index (χ1v) is 3.90. The molecule has 0 bridgehead atoms. The number of hydrogen-bond acceptors (Lipinski definition) is 3. The fourth-order valence-corrected chi connectivity index (χ4v) is 1.13. The Kier molecular flexibility index (Phi) is 3.02. The van der Waals surface area contributed by atoms with Gasteiger partial charge < -0.3 is 4.57 Å². The molecule has 0 aliphatic carbocycles. The molecule has 1 heterocycles. The summed E-state index contributed by atoms with van der Waals surface area (Å²) in [5, 5.41) is 0.399. The largest absolute Gasteiger partial charge is 0.332 e. The summed E-state index contributed by atoms with van der Waals surface area (Å²) in [5.74, 6) is 0. The number of isocyanates is 1. The number of aryl methyl sites for hydroxylation is 1. The van der Waals surface area contributed by atoms with Crippen LogP contribution in [0.5, 0.6) is 0 Å². The summed E-state index contributed by atoms with van der Waals surface area (Å²) in [5.41, 5.74) is 0.752. The Labute approximate surface area is 74.9 Å². The second-order valence-electron chi connectivity index (χ2n) is 2.18. The quantitative estimate of drug-likeness (QED) is 0.528. The highest BCUT2D eigenvalue weighted by atomic mass is 35.5. The minimum atomic E-state index is 0.246. The van der Waals surface area contributed by atoms with E-state index in [0.717, 1.165) is 12.2 Å². The van der Waals surface area contributed by atoms with Gasteiger partial charge in [0.1, 0.15) is 0 Å². The van der Waals surface area contributed by atoms with Crippen LogP contribution in [0.1, 0.15) is 12.6 Å². The number of carbonyl (C=O) groups excluding carboxylic acids is 1. The normalized spacial score (nSPS) is 9.50. The first kappa shape index (κ1) is 8.97. The Morgan fingerprint density at radius 3 is 3.17 bits per heavy atom. The number of aliphatic imine (C=N–C) groups is 1. The lowest BCUT2D eigenvalue weighted by Gasteiger charge is -2.00. The van der Waals surface area contributed by atoms with E-state index in [1.54, 1.807) is 6.33 Å². The smallest absolute Gasteiger partial charge is 0.235 e. The van der Waals surface area contributed by atoms with Gasteiger partial charge in [-0.15, -0.1) is 0 Å². The summed E-state index contributed by atoms with van der Waals surface area (Å²) in [7, 11) is 0. The summed E-state index contributed by atoms with van der Waals surface area (Å²) >= 11 is 5.74. The molecule has 0 saturated heterocycles. The van der Waals surface area contributed by atoms with Crippen LogP contribution >= 0.6 is 11.6 Å². The number of rotatable bonds is 3.